The molecule has 0 unspecified atom stereocenters. The van der Waals surface area contributed by atoms with Crippen molar-refractivity contribution in [3.63, 3.8) is 0 Å². The van der Waals surface area contributed by atoms with E-state index in [2.05, 4.69) is 4.98 Å². The summed E-state index contributed by atoms with van der Waals surface area (Å²) in [5.74, 6) is -0.871. The zero-order chi connectivity index (χ0) is 11.0. The van der Waals surface area contributed by atoms with Crippen molar-refractivity contribution >= 4 is 34.2 Å². The minimum Gasteiger partial charge on any atom is -0.478 e. The summed E-state index contributed by atoms with van der Waals surface area (Å²) in [6, 6.07) is 6.85. The number of nitrogens with zero attached hydrogens (tertiary/aromatic N) is 1. The lowest BCUT2D eigenvalue weighted by Gasteiger charge is -2.06. The minimum atomic E-state index is -1.11. The van der Waals surface area contributed by atoms with Crippen LogP contribution in [-0.4, -0.2) is 16.1 Å². The number of aromatic carboxylic acids is 1. The van der Waals surface area contributed by atoms with Gasteiger partial charge >= 0.3 is 5.97 Å². The number of carboxylic acid groups (broad SMARTS) is 1. The number of nitrogens with two attached hydrogens (primary N) is 1. The Morgan fingerprint density at radius 3 is 2.53 bits per heavy atom. The van der Waals surface area contributed by atoms with Crippen molar-refractivity contribution in [3.05, 3.63) is 35.0 Å². The number of carbonyl (C=O) groups is 1. The standard InChI is InChI=1S/C10H7ClN2O2/c11-8-7(10(14)15)5-3-1-2-4-6(5)9(12)13-8/h1-4H,(H2,12,13)(H,14,15). The summed E-state index contributed by atoms with van der Waals surface area (Å²) in [4.78, 5) is 14.8. The second kappa shape index (κ2) is 3.40. The molecule has 76 valence electrons. The first kappa shape index (κ1) is 9.73. The number of pyridine rings is 1. The molecule has 1 aromatic carbocycles. The van der Waals surface area contributed by atoms with Crippen LogP contribution in [0.4, 0.5) is 5.82 Å². The molecule has 1 aromatic heterocycles. The van der Waals surface area contributed by atoms with E-state index in [4.69, 9.17) is 22.4 Å². The van der Waals surface area contributed by atoms with Gasteiger partial charge in [0.15, 0.2) is 0 Å². The number of hydrogen-bond acceptors (Lipinski definition) is 3. The van der Waals surface area contributed by atoms with E-state index in [0.717, 1.165) is 0 Å². The maximum atomic E-state index is 11.0. The Morgan fingerprint density at radius 2 is 1.93 bits per heavy atom. The second-order valence-electron chi connectivity index (χ2n) is 3.01. The molecule has 0 fully saturated rings. The Balaban J connectivity index is 2.96. The van der Waals surface area contributed by atoms with Gasteiger partial charge in [-0.15, -0.1) is 0 Å². The number of carboxylic acids is 1. The molecule has 15 heavy (non-hydrogen) atoms. The predicted molar refractivity (Wildman–Crippen MR) is 58.1 cm³/mol. The molecule has 2 rings (SSSR count). The number of rotatable bonds is 1. The number of benzene rings is 1. The Morgan fingerprint density at radius 1 is 1.33 bits per heavy atom. The fourth-order valence-electron chi connectivity index (χ4n) is 1.46. The Kier molecular flexibility index (Phi) is 2.21. The summed E-state index contributed by atoms with van der Waals surface area (Å²) in [5.41, 5.74) is 5.63. The molecule has 0 aliphatic carbocycles. The van der Waals surface area contributed by atoms with Gasteiger partial charge in [0, 0.05) is 10.8 Å². The molecular weight excluding hydrogens is 216 g/mol. The molecule has 0 amide bonds. The van der Waals surface area contributed by atoms with Crippen molar-refractivity contribution in [2.45, 2.75) is 0 Å². The lowest BCUT2D eigenvalue weighted by molar-refractivity contribution is 0.0699. The highest BCUT2D eigenvalue weighted by Crippen LogP contribution is 2.27. The van der Waals surface area contributed by atoms with Crippen LogP contribution in [0.15, 0.2) is 24.3 Å². The first-order valence-corrected chi connectivity index (χ1v) is 4.56. The van der Waals surface area contributed by atoms with E-state index < -0.39 is 5.97 Å². The van der Waals surface area contributed by atoms with Crippen LogP contribution < -0.4 is 5.73 Å². The van der Waals surface area contributed by atoms with Crippen LogP contribution in [0.5, 0.6) is 0 Å². The highest BCUT2D eigenvalue weighted by molar-refractivity contribution is 6.34. The average molecular weight is 223 g/mol. The van der Waals surface area contributed by atoms with Gasteiger partial charge in [-0.3, -0.25) is 0 Å². The molecule has 0 bridgehead atoms. The van der Waals surface area contributed by atoms with E-state index in [1.54, 1.807) is 24.3 Å². The maximum Gasteiger partial charge on any atom is 0.339 e. The molecule has 4 nitrogen and oxygen atoms in total. The van der Waals surface area contributed by atoms with Crippen molar-refractivity contribution in [2.24, 2.45) is 0 Å². The molecule has 0 aliphatic heterocycles. The van der Waals surface area contributed by atoms with E-state index in [-0.39, 0.29) is 16.5 Å². The van der Waals surface area contributed by atoms with Crippen molar-refractivity contribution in [2.75, 3.05) is 5.73 Å². The summed E-state index contributed by atoms with van der Waals surface area (Å²) < 4.78 is 0. The van der Waals surface area contributed by atoms with Crippen LogP contribution in [0.1, 0.15) is 10.4 Å². The lowest BCUT2D eigenvalue weighted by Crippen LogP contribution is -2.03. The molecule has 2 aromatic rings. The van der Waals surface area contributed by atoms with Crippen molar-refractivity contribution in [1.82, 2.24) is 4.98 Å². The minimum absolute atomic E-state index is 0.0125. The van der Waals surface area contributed by atoms with Crippen LogP contribution >= 0.6 is 11.6 Å². The summed E-state index contributed by atoms with van der Waals surface area (Å²) in [6.07, 6.45) is 0. The van der Waals surface area contributed by atoms with Crippen LogP contribution in [-0.2, 0) is 0 Å². The van der Waals surface area contributed by atoms with E-state index in [0.29, 0.717) is 10.8 Å². The molecule has 0 aliphatic rings. The Bertz CT molecular complexity index is 554. The third kappa shape index (κ3) is 1.49. The van der Waals surface area contributed by atoms with Crippen LogP contribution in [0.3, 0.4) is 0 Å². The molecule has 0 saturated carbocycles. The fraction of sp³-hybridized carbons (Fsp3) is 0. The van der Waals surface area contributed by atoms with Crippen molar-refractivity contribution in [3.8, 4) is 0 Å². The maximum absolute atomic E-state index is 11.0. The molecule has 5 heteroatoms. The summed E-state index contributed by atoms with van der Waals surface area (Å²) >= 11 is 5.73. The summed E-state index contributed by atoms with van der Waals surface area (Å²) in [5, 5.41) is 10.0. The second-order valence-corrected chi connectivity index (χ2v) is 3.37. The number of anilines is 1. The van der Waals surface area contributed by atoms with Crippen LogP contribution in [0, 0.1) is 0 Å². The van der Waals surface area contributed by atoms with Gasteiger partial charge in [0.1, 0.15) is 16.5 Å². The Labute approximate surface area is 90.3 Å². The van der Waals surface area contributed by atoms with E-state index >= 15 is 0 Å². The first-order chi connectivity index (χ1) is 7.11. The van der Waals surface area contributed by atoms with E-state index in [9.17, 15) is 4.79 Å². The molecule has 0 saturated heterocycles. The zero-order valence-corrected chi connectivity index (χ0v) is 8.32. The van der Waals surface area contributed by atoms with Crippen LogP contribution in [0.25, 0.3) is 10.8 Å². The van der Waals surface area contributed by atoms with Crippen molar-refractivity contribution in [1.29, 1.82) is 0 Å². The molecule has 1 heterocycles. The predicted octanol–water partition coefficient (Wildman–Crippen LogP) is 2.17. The smallest absolute Gasteiger partial charge is 0.339 e. The number of fused-ring (bicyclic) bond motifs is 1. The molecule has 0 atom stereocenters. The third-order valence-electron chi connectivity index (χ3n) is 2.11. The van der Waals surface area contributed by atoms with Gasteiger partial charge in [0.2, 0.25) is 0 Å². The average Bonchev–Trinajstić information content (AvgIpc) is 2.17. The van der Waals surface area contributed by atoms with E-state index in [1.165, 1.54) is 0 Å². The van der Waals surface area contributed by atoms with Gasteiger partial charge in [-0.05, 0) is 0 Å². The van der Waals surface area contributed by atoms with Gasteiger partial charge in [0.05, 0.1) is 0 Å². The topological polar surface area (TPSA) is 76.2 Å². The normalized spacial score (nSPS) is 10.5. The summed E-state index contributed by atoms with van der Waals surface area (Å²) in [6.45, 7) is 0. The molecule has 3 N–H and O–H groups in total. The molecule has 0 radical (unpaired) electrons. The zero-order valence-electron chi connectivity index (χ0n) is 7.57. The SMILES string of the molecule is Nc1nc(Cl)c(C(=O)O)c2ccccc12. The Hall–Kier alpha value is -1.81. The number of nitrogen functional groups attached to an aromatic ring is 1. The molecule has 0 spiro atoms. The number of hydrogen-bond donors (Lipinski definition) is 2. The lowest BCUT2D eigenvalue weighted by atomic mass is 10.1. The first-order valence-electron chi connectivity index (χ1n) is 4.18. The fourth-order valence-corrected chi connectivity index (χ4v) is 1.73. The monoisotopic (exact) mass is 222 g/mol. The van der Waals surface area contributed by atoms with Gasteiger partial charge in [-0.25, -0.2) is 9.78 Å². The third-order valence-corrected chi connectivity index (χ3v) is 2.38. The van der Waals surface area contributed by atoms with Gasteiger partial charge in [-0.2, -0.15) is 0 Å². The van der Waals surface area contributed by atoms with Crippen molar-refractivity contribution < 1.29 is 9.90 Å². The van der Waals surface area contributed by atoms with E-state index in [1.807, 2.05) is 0 Å². The number of aromatic nitrogens is 1. The quantitative estimate of drug-likeness (QED) is 0.725. The highest BCUT2D eigenvalue weighted by Gasteiger charge is 2.16. The largest absolute Gasteiger partial charge is 0.478 e. The highest BCUT2D eigenvalue weighted by atomic mass is 35.5. The van der Waals surface area contributed by atoms with Gasteiger partial charge < -0.3 is 10.8 Å². The van der Waals surface area contributed by atoms with Gasteiger partial charge in [-0.1, -0.05) is 35.9 Å². The number of halogens is 1. The molecular formula is C10H7ClN2O2. The van der Waals surface area contributed by atoms with Gasteiger partial charge in [0.25, 0.3) is 0 Å². The van der Waals surface area contributed by atoms with Crippen LogP contribution in [0.2, 0.25) is 5.15 Å². The summed E-state index contributed by atoms with van der Waals surface area (Å²) in [7, 11) is 0.